The summed E-state index contributed by atoms with van der Waals surface area (Å²) in [6.07, 6.45) is 7.49. The van der Waals surface area contributed by atoms with Gasteiger partial charge in [-0.1, -0.05) is 11.6 Å². The Kier molecular flexibility index (Phi) is 5.93. The summed E-state index contributed by atoms with van der Waals surface area (Å²) in [5.41, 5.74) is 1.93. The van der Waals surface area contributed by atoms with Gasteiger partial charge in [-0.2, -0.15) is 9.40 Å². The van der Waals surface area contributed by atoms with E-state index in [0.717, 1.165) is 29.7 Å². The molecule has 1 saturated heterocycles. The van der Waals surface area contributed by atoms with Gasteiger partial charge in [-0.3, -0.25) is 4.79 Å². The van der Waals surface area contributed by atoms with Gasteiger partial charge in [0.1, 0.15) is 21.3 Å². The minimum absolute atomic E-state index is 0.0199. The van der Waals surface area contributed by atoms with Crippen molar-refractivity contribution in [2.45, 2.75) is 30.6 Å². The van der Waals surface area contributed by atoms with Crippen LogP contribution in [0.4, 0.5) is 4.39 Å². The maximum atomic E-state index is 13.7. The molecule has 8 nitrogen and oxygen atoms in total. The van der Waals surface area contributed by atoms with Crippen molar-refractivity contribution in [3.05, 3.63) is 76.6 Å². The fraction of sp³-hybridized carbons (Fsp3) is 0.346. The Morgan fingerprint density at radius 2 is 1.95 bits per heavy atom. The first-order valence-corrected chi connectivity index (χ1v) is 13.9. The van der Waals surface area contributed by atoms with Crippen LogP contribution in [0.2, 0.25) is 5.15 Å². The topological polar surface area (TPSA) is 94.4 Å². The standard InChI is InChI=1S/C26H24ClFN4O4S/c27-24-8-7-22(14-29-24)37(34,35)31-10-9-19-11-23-18(13-30-32(23)21-5-3-20(28)4-6-21)12-26(19,16-31)25(33)36-15-17-1-2-17/h3-8,11,13-14,17H,1-2,9-10,12,15-16H2. The van der Waals surface area contributed by atoms with Gasteiger partial charge in [-0.05, 0) is 85.2 Å². The maximum Gasteiger partial charge on any atom is 0.317 e. The van der Waals surface area contributed by atoms with E-state index in [1.54, 1.807) is 23.0 Å². The molecule has 0 bridgehead atoms. The van der Waals surface area contributed by atoms with E-state index in [2.05, 4.69) is 10.1 Å². The predicted molar refractivity (Wildman–Crippen MR) is 134 cm³/mol. The summed E-state index contributed by atoms with van der Waals surface area (Å²) in [6.45, 7) is 0.492. The average molecular weight is 543 g/mol. The summed E-state index contributed by atoms with van der Waals surface area (Å²) in [6, 6.07) is 8.87. The zero-order chi connectivity index (χ0) is 25.8. The van der Waals surface area contributed by atoms with Crippen LogP contribution in [0.5, 0.6) is 0 Å². The molecule has 1 atom stereocenters. The molecule has 3 aliphatic rings. The van der Waals surface area contributed by atoms with E-state index in [9.17, 15) is 17.6 Å². The summed E-state index contributed by atoms with van der Waals surface area (Å²) in [5, 5.41) is 4.69. The highest BCUT2D eigenvalue weighted by Gasteiger charge is 2.52. The molecule has 3 aromatic rings. The Morgan fingerprint density at radius 1 is 1.16 bits per heavy atom. The lowest BCUT2D eigenvalue weighted by Crippen LogP contribution is -2.53. The quantitative estimate of drug-likeness (QED) is 0.345. The van der Waals surface area contributed by atoms with Gasteiger partial charge in [0, 0.05) is 19.3 Å². The third-order valence-corrected chi connectivity index (χ3v) is 9.38. The molecule has 0 spiro atoms. The van der Waals surface area contributed by atoms with Crippen LogP contribution in [0.25, 0.3) is 11.8 Å². The molecule has 2 fully saturated rings. The van der Waals surface area contributed by atoms with E-state index in [4.69, 9.17) is 16.3 Å². The third-order valence-electron chi connectivity index (χ3n) is 7.33. The number of fused-ring (bicyclic) bond motifs is 2. The van der Waals surface area contributed by atoms with Crippen molar-refractivity contribution in [2.75, 3.05) is 19.7 Å². The monoisotopic (exact) mass is 542 g/mol. The summed E-state index contributed by atoms with van der Waals surface area (Å²) in [7, 11) is -3.92. The number of benzene rings is 1. The van der Waals surface area contributed by atoms with Gasteiger partial charge < -0.3 is 4.74 Å². The minimum Gasteiger partial charge on any atom is -0.465 e. The van der Waals surface area contributed by atoms with Gasteiger partial charge in [0.05, 0.1) is 24.2 Å². The van der Waals surface area contributed by atoms with Crippen molar-refractivity contribution in [3.8, 4) is 5.69 Å². The number of sulfonamides is 1. The molecule has 0 N–H and O–H groups in total. The van der Waals surface area contributed by atoms with E-state index >= 15 is 0 Å². The van der Waals surface area contributed by atoms with Gasteiger partial charge in [0.2, 0.25) is 10.0 Å². The Morgan fingerprint density at radius 3 is 2.65 bits per heavy atom. The molecule has 1 aliphatic heterocycles. The second kappa shape index (κ2) is 9.04. The van der Waals surface area contributed by atoms with Crippen molar-refractivity contribution < 1.29 is 22.3 Å². The molecular formula is C26H24ClFN4O4S. The molecule has 1 saturated carbocycles. The molecule has 37 heavy (non-hydrogen) atoms. The van der Waals surface area contributed by atoms with Gasteiger partial charge in [0.25, 0.3) is 0 Å². The molecule has 3 heterocycles. The first-order chi connectivity index (χ1) is 17.8. The van der Waals surface area contributed by atoms with E-state index in [0.29, 0.717) is 24.6 Å². The number of aromatic nitrogens is 3. The lowest BCUT2D eigenvalue weighted by Gasteiger charge is -2.44. The molecule has 0 amide bonds. The van der Waals surface area contributed by atoms with Crippen molar-refractivity contribution >= 4 is 33.7 Å². The SMILES string of the molecule is O=C(OCC1CC1)C12Cc3cnn(-c4ccc(F)cc4)c3C=C1CCN(S(=O)(=O)c1ccc(Cl)nc1)C2. The average Bonchev–Trinajstić information content (AvgIpc) is 3.64. The molecule has 192 valence electrons. The number of rotatable bonds is 6. The number of carbonyl (C=O) groups excluding carboxylic acids is 1. The molecule has 1 aromatic carbocycles. The van der Waals surface area contributed by atoms with Crippen LogP contribution in [0.1, 0.15) is 30.5 Å². The lowest BCUT2D eigenvalue weighted by atomic mass is 9.69. The van der Waals surface area contributed by atoms with Crippen molar-refractivity contribution in [3.63, 3.8) is 0 Å². The predicted octanol–water partition coefficient (Wildman–Crippen LogP) is 4.03. The van der Waals surface area contributed by atoms with Crippen LogP contribution in [-0.2, 0) is 26.0 Å². The third kappa shape index (κ3) is 4.36. The van der Waals surface area contributed by atoms with Crippen LogP contribution in [0, 0.1) is 17.2 Å². The molecule has 11 heteroatoms. The van der Waals surface area contributed by atoms with E-state index in [-0.39, 0.29) is 35.4 Å². The number of ether oxygens (including phenoxy) is 1. The van der Waals surface area contributed by atoms with E-state index in [1.165, 1.54) is 34.8 Å². The van der Waals surface area contributed by atoms with Crippen LogP contribution in [0.3, 0.4) is 0 Å². The molecule has 6 rings (SSSR count). The number of esters is 1. The Bertz CT molecular complexity index is 1500. The number of nitrogens with zero attached hydrogens (tertiary/aromatic N) is 4. The first kappa shape index (κ1) is 24.3. The van der Waals surface area contributed by atoms with E-state index < -0.39 is 21.4 Å². The van der Waals surface area contributed by atoms with Crippen molar-refractivity contribution in [1.29, 1.82) is 0 Å². The highest BCUT2D eigenvalue weighted by molar-refractivity contribution is 7.89. The number of hydrogen-bond acceptors (Lipinski definition) is 6. The lowest BCUT2D eigenvalue weighted by molar-refractivity contribution is -0.155. The number of pyridine rings is 1. The largest absolute Gasteiger partial charge is 0.465 e. The van der Waals surface area contributed by atoms with E-state index in [1.807, 2.05) is 6.08 Å². The Balaban J connectivity index is 1.38. The number of carbonyl (C=O) groups is 1. The summed E-state index contributed by atoms with van der Waals surface area (Å²) >= 11 is 5.85. The fourth-order valence-corrected chi connectivity index (χ4v) is 6.62. The Labute approximate surface area is 218 Å². The molecule has 2 aliphatic carbocycles. The molecule has 0 radical (unpaired) electrons. The molecule has 1 unspecified atom stereocenters. The second-order valence-corrected chi connectivity index (χ2v) is 12.1. The minimum atomic E-state index is -3.92. The Hall–Kier alpha value is -3.08. The van der Waals surface area contributed by atoms with Gasteiger partial charge >= 0.3 is 5.97 Å². The van der Waals surface area contributed by atoms with Gasteiger partial charge in [-0.15, -0.1) is 0 Å². The van der Waals surface area contributed by atoms with Gasteiger partial charge in [-0.25, -0.2) is 22.5 Å². The summed E-state index contributed by atoms with van der Waals surface area (Å²) in [4.78, 5) is 17.6. The normalized spacial score (nSPS) is 21.6. The summed E-state index contributed by atoms with van der Waals surface area (Å²) < 4.78 is 49.3. The van der Waals surface area contributed by atoms with Crippen LogP contribution >= 0.6 is 11.6 Å². The molecular weight excluding hydrogens is 519 g/mol. The number of halogens is 2. The van der Waals surface area contributed by atoms with Crippen molar-refractivity contribution in [1.82, 2.24) is 19.1 Å². The maximum absolute atomic E-state index is 13.7. The summed E-state index contributed by atoms with van der Waals surface area (Å²) in [5.74, 6) is -0.387. The zero-order valence-electron chi connectivity index (χ0n) is 19.8. The van der Waals surface area contributed by atoms with Gasteiger partial charge in [0.15, 0.2) is 0 Å². The van der Waals surface area contributed by atoms with Crippen molar-refractivity contribution in [2.24, 2.45) is 11.3 Å². The smallest absolute Gasteiger partial charge is 0.317 e. The first-order valence-electron chi connectivity index (χ1n) is 12.1. The van der Waals surface area contributed by atoms with Crippen LogP contribution in [-0.4, -0.2) is 53.2 Å². The van der Waals surface area contributed by atoms with Crippen LogP contribution < -0.4 is 0 Å². The number of piperidine rings is 1. The fourth-order valence-electron chi connectivity index (χ4n) is 5.06. The molecule has 2 aromatic heterocycles. The number of hydrogen-bond donors (Lipinski definition) is 0. The van der Waals surface area contributed by atoms with Crippen LogP contribution in [0.15, 0.2) is 59.3 Å². The second-order valence-electron chi connectivity index (χ2n) is 9.82. The zero-order valence-corrected chi connectivity index (χ0v) is 21.4. The highest BCUT2D eigenvalue weighted by Crippen LogP contribution is 2.46. The highest BCUT2D eigenvalue weighted by atomic mass is 35.5.